The molecule has 2 rings (SSSR count). The molecule has 3 heteroatoms. The van der Waals surface area contributed by atoms with Crippen LogP contribution in [0.4, 0.5) is 0 Å². The summed E-state index contributed by atoms with van der Waals surface area (Å²) in [6.45, 7) is 9.18. The lowest BCUT2D eigenvalue weighted by molar-refractivity contribution is 0.266. The zero-order valence-corrected chi connectivity index (χ0v) is 10.9. The number of ether oxygens (including phenoxy) is 1. The molecule has 1 aliphatic heterocycles. The van der Waals surface area contributed by atoms with Crippen LogP contribution in [-0.4, -0.2) is 12.6 Å². The summed E-state index contributed by atoms with van der Waals surface area (Å²) in [7, 11) is 0. The Bertz CT molecular complexity index is 442. The van der Waals surface area contributed by atoms with Gasteiger partial charge in [0.1, 0.15) is 12.1 Å². The molecule has 1 unspecified atom stereocenters. The minimum atomic E-state index is -0.333. The standard InChI is InChI=1S/C14H20N2O/c1-13(2,3)10-5-7-11(8-6-10)14(4)9-17-12(15)16-14/h5-8H,9H2,1-4H3,(H2,15,16). The summed E-state index contributed by atoms with van der Waals surface area (Å²) in [5.41, 5.74) is 7.88. The Morgan fingerprint density at radius 1 is 1.24 bits per heavy atom. The summed E-state index contributed by atoms with van der Waals surface area (Å²) in [6, 6.07) is 8.83. The molecule has 1 aromatic rings. The van der Waals surface area contributed by atoms with Crippen molar-refractivity contribution in [3.05, 3.63) is 35.4 Å². The second kappa shape index (κ2) is 3.76. The third kappa shape index (κ3) is 2.28. The van der Waals surface area contributed by atoms with Crippen molar-refractivity contribution in [2.24, 2.45) is 10.7 Å². The molecule has 0 fully saturated rings. The van der Waals surface area contributed by atoms with Crippen molar-refractivity contribution in [2.45, 2.75) is 38.6 Å². The third-order valence-electron chi connectivity index (χ3n) is 3.23. The van der Waals surface area contributed by atoms with E-state index in [0.717, 1.165) is 5.56 Å². The normalized spacial score (nSPS) is 24.4. The van der Waals surface area contributed by atoms with Gasteiger partial charge in [-0.3, -0.25) is 0 Å². The van der Waals surface area contributed by atoms with Gasteiger partial charge in [0.15, 0.2) is 0 Å². The van der Waals surface area contributed by atoms with Gasteiger partial charge >= 0.3 is 0 Å². The maximum atomic E-state index is 5.57. The Morgan fingerprint density at radius 3 is 2.24 bits per heavy atom. The smallest absolute Gasteiger partial charge is 0.283 e. The van der Waals surface area contributed by atoms with Gasteiger partial charge in [-0.05, 0) is 23.5 Å². The van der Waals surface area contributed by atoms with Crippen molar-refractivity contribution in [1.29, 1.82) is 0 Å². The van der Waals surface area contributed by atoms with E-state index in [9.17, 15) is 0 Å². The maximum absolute atomic E-state index is 5.57. The fraction of sp³-hybridized carbons (Fsp3) is 0.500. The van der Waals surface area contributed by atoms with Crippen molar-refractivity contribution in [3.8, 4) is 0 Å². The van der Waals surface area contributed by atoms with E-state index >= 15 is 0 Å². The molecule has 0 aliphatic carbocycles. The Balaban J connectivity index is 2.31. The first-order valence-electron chi connectivity index (χ1n) is 5.90. The number of hydrogen-bond donors (Lipinski definition) is 1. The van der Waals surface area contributed by atoms with Gasteiger partial charge in [0, 0.05) is 0 Å². The first-order chi connectivity index (χ1) is 7.81. The molecule has 92 valence electrons. The lowest BCUT2D eigenvalue weighted by Crippen LogP contribution is -2.21. The minimum Gasteiger partial charge on any atom is -0.462 e. The largest absolute Gasteiger partial charge is 0.462 e. The number of amidine groups is 1. The quantitative estimate of drug-likeness (QED) is 0.809. The summed E-state index contributed by atoms with van der Waals surface area (Å²) < 4.78 is 5.25. The van der Waals surface area contributed by atoms with Crippen LogP contribution in [0.1, 0.15) is 38.8 Å². The van der Waals surface area contributed by atoms with Crippen LogP contribution in [0.3, 0.4) is 0 Å². The number of nitrogens with two attached hydrogens (primary N) is 1. The predicted octanol–water partition coefficient (Wildman–Crippen LogP) is 2.54. The van der Waals surface area contributed by atoms with E-state index < -0.39 is 0 Å². The second-order valence-corrected chi connectivity index (χ2v) is 5.84. The first kappa shape index (κ1) is 12.0. The average Bonchev–Trinajstić information content (AvgIpc) is 2.59. The van der Waals surface area contributed by atoms with Crippen LogP contribution in [0.5, 0.6) is 0 Å². The number of rotatable bonds is 1. The lowest BCUT2D eigenvalue weighted by Gasteiger charge is -2.22. The van der Waals surface area contributed by atoms with E-state index in [1.54, 1.807) is 0 Å². The summed E-state index contributed by atoms with van der Waals surface area (Å²) in [5.74, 6) is 0. The van der Waals surface area contributed by atoms with E-state index in [2.05, 4.69) is 50.0 Å². The predicted molar refractivity (Wildman–Crippen MR) is 70.1 cm³/mol. The van der Waals surface area contributed by atoms with Gasteiger partial charge in [0.05, 0.1) is 0 Å². The fourth-order valence-corrected chi connectivity index (χ4v) is 2.00. The van der Waals surface area contributed by atoms with Gasteiger partial charge in [0.2, 0.25) is 0 Å². The van der Waals surface area contributed by atoms with E-state index in [0.29, 0.717) is 6.61 Å². The molecule has 3 nitrogen and oxygen atoms in total. The third-order valence-corrected chi connectivity index (χ3v) is 3.23. The van der Waals surface area contributed by atoms with E-state index in [-0.39, 0.29) is 17.0 Å². The van der Waals surface area contributed by atoms with Crippen LogP contribution in [-0.2, 0) is 15.7 Å². The molecular formula is C14H20N2O. The van der Waals surface area contributed by atoms with E-state index in [1.807, 2.05) is 6.92 Å². The molecule has 0 bridgehead atoms. The van der Waals surface area contributed by atoms with Crippen molar-refractivity contribution < 1.29 is 4.74 Å². The zero-order chi connectivity index (χ0) is 12.7. The van der Waals surface area contributed by atoms with Crippen LogP contribution < -0.4 is 5.73 Å². The lowest BCUT2D eigenvalue weighted by atomic mass is 9.84. The molecule has 1 aromatic carbocycles. The summed E-state index contributed by atoms with van der Waals surface area (Å²) in [5, 5.41) is 0. The number of nitrogens with zero attached hydrogens (tertiary/aromatic N) is 1. The van der Waals surface area contributed by atoms with Crippen molar-refractivity contribution in [3.63, 3.8) is 0 Å². The average molecular weight is 232 g/mol. The zero-order valence-electron chi connectivity index (χ0n) is 10.9. The topological polar surface area (TPSA) is 47.6 Å². The van der Waals surface area contributed by atoms with Gasteiger partial charge in [-0.2, -0.15) is 0 Å². The SMILES string of the molecule is CC(C)(C)c1ccc(C2(C)COC(N)=N2)cc1. The second-order valence-electron chi connectivity index (χ2n) is 5.84. The van der Waals surface area contributed by atoms with Gasteiger partial charge < -0.3 is 10.5 Å². The van der Waals surface area contributed by atoms with Gasteiger partial charge in [-0.1, -0.05) is 45.0 Å². The molecule has 1 atom stereocenters. The number of aliphatic imine (C=N–C) groups is 1. The molecule has 17 heavy (non-hydrogen) atoms. The van der Waals surface area contributed by atoms with Crippen LogP contribution in [0.15, 0.2) is 29.3 Å². The molecule has 0 saturated heterocycles. The Morgan fingerprint density at radius 2 is 1.82 bits per heavy atom. The van der Waals surface area contributed by atoms with E-state index in [1.165, 1.54) is 5.56 Å². The van der Waals surface area contributed by atoms with E-state index in [4.69, 9.17) is 10.5 Å². The highest BCUT2D eigenvalue weighted by Gasteiger charge is 2.32. The summed E-state index contributed by atoms with van der Waals surface area (Å²) in [4.78, 5) is 4.35. The minimum absolute atomic E-state index is 0.175. The van der Waals surface area contributed by atoms with Crippen molar-refractivity contribution in [2.75, 3.05) is 6.61 Å². The molecule has 0 saturated carbocycles. The summed E-state index contributed by atoms with van der Waals surface area (Å²) >= 11 is 0. The molecule has 1 aliphatic rings. The molecule has 1 heterocycles. The molecule has 0 radical (unpaired) electrons. The Kier molecular flexibility index (Phi) is 2.64. The van der Waals surface area contributed by atoms with Gasteiger partial charge in [0.25, 0.3) is 6.02 Å². The molecule has 0 spiro atoms. The fourth-order valence-electron chi connectivity index (χ4n) is 2.00. The van der Waals surface area contributed by atoms with Crippen molar-refractivity contribution >= 4 is 6.02 Å². The maximum Gasteiger partial charge on any atom is 0.283 e. The van der Waals surface area contributed by atoms with Crippen LogP contribution in [0.25, 0.3) is 0 Å². The Labute approximate surface area is 103 Å². The van der Waals surface area contributed by atoms with Crippen LogP contribution in [0, 0.1) is 0 Å². The summed E-state index contributed by atoms with van der Waals surface area (Å²) in [6.07, 6.45) is 0. The highest BCUT2D eigenvalue weighted by Crippen LogP contribution is 2.31. The monoisotopic (exact) mass is 232 g/mol. The van der Waals surface area contributed by atoms with Crippen LogP contribution >= 0.6 is 0 Å². The number of hydrogen-bond acceptors (Lipinski definition) is 3. The molecule has 0 aromatic heterocycles. The highest BCUT2D eigenvalue weighted by atomic mass is 16.5. The van der Waals surface area contributed by atoms with Gasteiger partial charge in [-0.15, -0.1) is 0 Å². The first-order valence-corrected chi connectivity index (χ1v) is 5.90. The molecule has 2 N–H and O–H groups in total. The number of benzene rings is 1. The highest BCUT2D eigenvalue weighted by molar-refractivity contribution is 5.74. The molecule has 0 amide bonds. The molecular weight excluding hydrogens is 212 g/mol. The Hall–Kier alpha value is -1.51. The van der Waals surface area contributed by atoms with Gasteiger partial charge in [-0.25, -0.2) is 4.99 Å². The van der Waals surface area contributed by atoms with Crippen molar-refractivity contribution in [1.82, 2.24) is 0 Å². The van der Waals surface area contributed by atoms with Crippen LogP contribution in [0.2, 0.25) is 0 Å².